The van der Waals surface area contributed by atoms with Gasteiger partial charge in [-0.3, -0.25) is 9.59 Å². The molecule has 0 saturated heterocycles. The van der Waals surface area contributed by atoms with Crippen LogP contribution in [0.4, 0.5) is 0 Å². The molecule has 0 aliphatic carbocycles. The number of hydrogen-bond acceptors (Lipinski definition) is 3. The van der Waals surface area contributed by atoms with Crippen molar-refractivity contribution in [3.05, 3.63) is 29.3 Å². The lowest BCUT2D eigenvalue weighted by molar-refractivity contribution is 0.0998. The molecule has 12 heavy (non-hydrogen) atoms. The highest BCUT2D eigenvalue weighted by Gasteiger charge is 2.09. The normalized spacial score (nSPS) is 9.33. The lowest BCUT2D eigenvalue weighted by atomic mass is 10.1. The largest absolute Gasteiger partial charge is 0.506 e. The van der Waals surface area contributed by atoms with Gasteiger partial charge in [-0.15, -0.1) is 0 Å². The molecule has 62 valence electrons. The Hall–Kier alpha value is -1.84. The number of carbonyl (C=O) groups excluding carboxylic acids is 2. The van der Waals surface area contributed by atoms with Gasteiger partial charge in [-0.1, -0.05) is 6.07 Å². The number of benzene rings is 1. The van der Waals surface area contributed by atoms with E-state index in [4.69, 9.17) is 5.73 Å². The molecule has 0 atom stereocenters. The van der Waals surface area contributed by atoms with Gasteiger partial charge in [-0.25, -0.2) is 0 Å². The molecule has 0 fully saturated rings. The maximum Gasteiger partial charge on any atom is 0.252 e. The predicted octanol–water partition coefficient (Wildman–Crippen LogP) is 0.304. The van der Waals surface area contributed by atoms with Gasteiger partial charge < -0.3 is 10.8 Å². The maximum absolute atomic E-state index is 10.6. The molecule has 0 spiro atoms. The molecule has 3 N–H and O–H groups in total. The molecular formula is C8H7NO3. The summed E-state index contributed by atoms with van der Waals surface area (Å²) in [6.45, 7) is 0. The molecule has 4 heteroatoms. The number of carbonyl (C=O) groups is 2. The van der Waals surface area contributed by atoms with E-state index in [1.165, 1.54) is 18.2 Å². The second-order valence-electron chi connectivity index (χ2n) is 2.23. The fourth-order valence-corrected chi connectivity index (χ4v) is 0.855. The van der Waals surface area contributed by atoms with Crippen LogP contribution in [-0.2, 0) is 0 Å². The van der Waals surface area contributed by atoms with Crippen LogP contribution >= 0.6 is 0 Å². The number of aldehydes is 1. The summed E-state index contributed by atoms with van der Waals surface area (Å²) in [5, 5.41) is 9.23. The molecule has 1 rings (SSSR count). The van der Waals surface area contributed by atoms with Crippen molar-refractivity contribution < 1.29 is 14.7 Å². The average Bonchev–Trinajstić information content (AvgIpc) is 2.04. The molecule has 0 bridgehead atoms. The van der Waals surface area contributed by atoms with Gasteiger partial charge >= 0.3 is 0 Å². The third-order valence-electron chi connectivity index (χ3n) is 1.46. The first-order valence-electron chi connectivity index (χ1n) is 3.23. The molecule has 0 radical (unpaired) electrons. The predicted molar refractivity (Wildman–Crippen MR) is 42.0 cm³/mol. The molecule has 0 saturated carbocycles. The molecule has 0 aromatic heterocycles. The van der Waals surface area contributed by atoms with Gasteiger partial charge in [-0.2, -0.15) is 0 Å². The van der Waals surface area contributed by atoms with E-state index in [0.717, 1.165) is 0 Å². The average molecular weight is 165 g/mol. The minimum absolute atomic E-state index is 0.0420. The van der Waals surface area contributed by atoms with Gasteiger partial charge in [0.1, 0.15) is 5.75 Å². The number of para-hydroxylation sites is 1. The molecule has 4 nitrogen and oxygen atoms in total. The van der Waals surface area contributed by atoms with E-state index < -0.39 is 5.91 Å². The third kappa shape index (κ3) is 1.27. The lowest BCUT2D eigenvalue weighted by Crippen LogP contribution is -2.11. The fraction of sp³-hybridized carbons (Fsp3) is 0. The Bertz CT molecular complexity index is 333. The van der Waals surface area contributed by atoms with Crippen LogP contribution in [0.2, 0.25) is 0 Å². The molecule has 1 aromatic carbocycles. The summed E-state index contributed by atoms with van der Waals surface area (Å²) >= 11 is 0. The molecule has 1 amide bonds. The summed E-state index contributed by atoms with van der Waals surface area (Å²) in [5.74, 6) is -1.11. The molecule has 0 aliphatic heterocycles. The minimum atomic E-state index is -0.754. The van der Waals surface area contributed by atoms with Crippen LogP contribution in [0.5, 0.6) is 5.75 Å². The highest BCUT2D eigenvalue weighted by Crippen LogP contribution is 2.19. The third-order valence-corrected chi connectivity index (χ3v) is 1.46. The van der Waals surface area contributed by atoms with Crippen molar-refractivity contribution >= 4 is 12.2 Å². The van der Waals surface area contributed by atoms with Crippen LogP contribution in [-0.4, -0.2) is 17.3 Å². The van der Waals surface area contributed by atoms with Gasteiger partial charge in [0.25, 0.3) is 5.91 Å². The van der Waals surface area contributed by atoms with E-state index >= 15 is 0 Å². The van der Waals surface area contributed by atoms with Crippen LogP contribution in [0, 0.1) is 0 Å². The summed E-state index contributed by atoms with van der Waals surface area (Å²) < 4.78 is 0. The smallest absolute Gasteiger partial charge is 0.252 e. The van der Waals surface area contributed by atoms with Gasteiger partial charge in [0.15, 0.2) is 6.29 Å². The highest BCUT2D eigenvalue weighted by atomic mass is 16.3. The SMILES string of the molecule is NC(=O)c1cccc(C=O)c1O. The number of amides is 1. The van der Waals surface area contributed by atoms with Crippen LogP contribution in [0.15, 0.2) is 18.2 Å². The van der Waals surface area contributed by atoms with Crippen molar-refractivity contribution in [3.63, 3.8) is 0 Å². The topological polar surface area (TPSA) is 80.4 Å². The van der Waals surface area contributed by atoms with Crippen LogP contribution in [0.3, 0.4) is 0 Å². The lowest BCUT2D eigenvalue weighted by Gasteiger charge is -2.00. The number of rotatable bonds is 2. The summed E-state index contributed by atoms with van der Waals surface area (Å²) in [5.41, 5.74) is 4.94. The van der Waals surface area contributed by atoms with Gasteiger partial charge in [0, 0.05) is 0 Å². The second kappa shape index (κ2) is 3.04. The van der Waals surface area contributed by atoms with E-state index in [1.807, 2.05) is 0 Å². The number of phenols is 1. The highest BCUT2D eigenvalue weighted by molar-refractivity contribution is 5.98. The van der Waals surface area contributed by atoms with E-state index in [2.05, 4.69) is 0 Å². The maximum atomic E-state index is 10.6. The zero-order chi connectivity index (χ0) is 9.14. The standard InChI is InChI=1S/C8H7NO3/c9-8(12)6-3-1-2-5(4-10)7(6)11/h1-4,11H,(H2,9,12). The Balaban J connectivity index is 3.32. The van der Waals surface area contributed by atoms with Crippen molar-refractivity contribution in [3.8, 4) is 5.75 Å². The Kier molecular flexibility index (Phi) is 2.09. The Morgan fingerprint density at radius 3 is 2.67 bits per heavy atom. The Labute approximate surface area is 68.6 Å². The second-order valence-corrected chi connectivity index (χ2v) is 2.23. The minimum Gasteiger partial charge on any atom is -0.506 e. The zero-order valence-electron chi connectivity index (χ0n) is 6.15. The van der Waals surface area contributed by atoms with Gasteiger partial charge in [0.05, 0.1) is 11.1 Å². The summed E-state index contributed by atoms with van der Waals surface area (Å²) in [6, 6.07) is 4.23. The van der Waals surface area contributed by atoms with E-state index in [9.17, 15) is 14.7 Å². The van der Waals surface area contributed by atoms with Crippen molar-refractivity contribution in [2.45, 2.75) is 0 Å². The first-order chi connectivity index (χ1) is 5.66. The molecule has 0 aliphatic rings. The van der Waals surface area contributed by atoms with Crippen LogP contribution in [0.25, 0.3) is 0 Å². The van der Waals surface area contributed by atoms with E-state index in [-0.39, 0.29) is 16.9 Å². The van der Waals surface area contributed by atoms with Crippen molar-refractivity contribution in [2.75, 3.05) is 0 Å². The van der Waals surface area contributed by atoms with Crippen molar-refractivity contribution in [2.24, 2.45) is 5.73 Å². The zero-order valence-corrected chi connectivity index (χ0v) is 6.15. The number of hydrogen-bond donors (Lipinski definition) is 2. The van der Waals surface area contributed by atoms with Gasteiger partial charge in [-0.05, 0) is 12.1 Å². The van der Waals surface area contributed by atoms with Gasteiger partial charge in [0.2, 0.25) is 0 Å². The molecule has 1 aromatic rings. The van der Waals surface area contributed by atoms with E-state index in [1.54, 1.807) is 0 Å². The van der Waals surface area contributed by atoms with Crippen LogP contribution < -0.4 is 5.73 Å². The first-order valence-corrected chi connectivity index (χ1v) is 3.23. The number of aromatic hydroxyl groups is 1. The molecule has 0 heterocycles. The van der Waals surface area contributed by atoms with E-state index in [0.29, 0.717) is 6.29 Å². The quantitative estimate of drug-likeness (QED) is 0.618. The Morgan fingerprint density at radius 2 is 2.17 bits per heavy atom. The molecule has 0 unspecified atom stereocenters. The van der Waals surface area contributed by atoms with Crippen LogP contribution in [0.1, 0.15) is 20.7 Å². The van der Waals surface area contributed by atoms with Crippen molar-refractivity contribution in [1.82, 2.24) is 0 Å². The summed E-state index contributed by atoms with van der Waals surface area (Å²) in [4.78, 5) is 20.9. The summed E-state index contributed by atoms with van der Waals surface area (Å²) in [7, 11) is 0. The number of primary amides is 1. The number of nitrogens with two attached hydrogens (primary N) is 1. The summed E-state index contributed by atoms with van der Waals surface area (Å²) in [6.07, 6.45) is 0.460. The Morgan fingerprint density at radius 1 is 1.50 bits per heavy atom. The monoisotopic (exact) mass is 165 g/mol. The first kappa shape index (κ1) is 8.26. The van der Waals surface area contributed by atoms with Crippen molar-refractivity contribution in [1.29, 1.82) is 0 Å². The molecular weight excluding hydrogens is 158 g/mol. The fourth-order valence-electron chi connectivity index (χ4n) is 0.855.